The molecule has 0 radical (unpaired) electrons. The first-order chi connectivity index (χ1) is 9.97. The van der Waals surface area contributed by atoms with E-state index in [2.05, 4.69) is 13.8 Å². The SMILES string of the molecule is CC(C)CC1CCCC2(C1)C[C@H](O)c1cc(Cl)ccc1O2. The zero-order chi connectivity index (χ0) is 15.0. The minimum atomic E-state index is -0.453. The third-order valence-corrected chi connectivity index (χ3v) is 5.17. The lowest BCUT2D eigenvalue weighted by atomic mass is 9.71. The molecular formula is C18H25ClO2. The Balaban J connectivity index is 1.82. The van der Waals surface area contributed by atoms with Crippen molar-refractivity contribution >= 4 is 11.6 Å². The maximum atomic E-state index is 10.5. The lowest BCUT2D eigenvalue weighted by Crippen LogP contribution is -2.45. The molecule has 0 saturated heterocycles. The Morgan fingerprint density at radius 2 is 2.19 bits per heavy atom. The molecule has 2 nitrogen and oxygen atoms in total. The number of fused-ring (bicyclic) bond motifs is 1. The quantitative estimate of drug-likeness (QED) is 0.820. The van der Waals surface area contributed by atoms with Gasteiger partial charge < -0.3 is 9.84 Å². The number of benzene rings is 1. The molecule has 0 aromatic heterocycles. The van der Waals surface area contributed by atoms with Crippen LogP contribution in [0.15, 0.2) is 18.2 Å². The molecule has 0 amide bonds. The van der Waals surface area contributed by atoms with E-state index in [0.717, 1.165) is 36.0 Å². The van der Waals surface area contributed by atoms with Gasteiger partial charge >= 0.3 is 0 Å². The Kier molecular flexibility index (Phi) is 4.20. The molecule has 2 aliphatic rings. The molecule has 1 N–H and O–H groups in total. The molecule has 3 heteroatoms. The van der Waals surface area contributed by atoms with Gasteiger partial charge in [0.25, 0.3) is 0 Å². The van der Waals surface area contributed by atoms with E-state index in [1.54, 1.807) is 0 Å². The van der Waals surface area contributed by atoms with Crippen LogP contribution >= 0.6 is 11.6 Å². The second-order valence-corrected chi connectivity index (χ2v) is 7.72. The summed E-state index contributed by atoms with van der Waals surface area (Å²) in [6.07, 6.45) is 6.14. The molecule has 1 saturated carbocycles. The summed E-state index contributed by atoms with van der Waals surface area (Å²) in [5, 5.41) is 11.2. The zero-order valence-electron chi connectivity index (χ0n) is 12.9. The first-order valence-corrected chi connectivity index (χ1v) is 8.52. The predicted molar refractivity (Wildman–Crippen MR) is 85.8 cm³/mol. The molecule has 1 aromatic carbocycles. The van der Waals surface area contributed by atoms with Crippen molar-refractivity contribution in [1.29, 1.82) is 0 Å². The number of aliphatic hydroxyl groups excluding tert-OH is 1. The number of aliphatic hydroxyl groups is 1. The Morgan fingerprint density at radius 3 is 2.95 bits per heavy atom. The summed E-state index contributed by atoms with van der Waals surface area (Å²) in [6, 6.07) is 5.59. The van der Waals surface area contributed by atoms with Gasteiger partial charge in [0.15, 0.2) is 0 Å². The van der Waals surface area contributed by atoms with E-state index in [0.29, 0.717) is 11.4 Å². The molecule has 0 bridgehead atoms. The number of halogens is 1. The third-order valence-electron chi connectivity index (χ3n) is 4.93. The molecule has 2 unspecified atom stereocenters. The summed E-state index contributed by atoms with van der Waals surface area (Å²) >= 11 is 6.03. The van der Waals surface area contributed by atoms with Gasteiger partial charge in [0.05, 0.1) is 6.10 Å². The minimum Gasteiger partial charge on any atom is -0.487 e. The van der Waals surface area contributed by atoms with Crippen molar-refractivity contribution in [2.75, 3.05) is 0 Å². The van der Waals surface area contributed by atoms with Crippen molar-refractivity contribution in [3.8, 4) is 5.75 Å². The molecule has 1 heterocycles. The third kappa shape index (κ3) is 3.22. The predicted octanol–water partition coefficient (Wildman–Crippen LogP) is 5.13. The Hall–Kier alpha value is -0.730. The van der Waals surface area contributed by atoms with E-state index in [1.165, 1.54) is 19.3 Å². The second kappa shape index (κ2) is 5.81. The first kappa shape index (κ1) is 15.2. The highest BCUT2D eigenvalue weighted by Gasteiger charge is 2.44. The molecule has 1 fully saturated rings. The van der Waals surface area contributed by atoms with E-state index in [1.807, 2.05) is 18.2 Å². The van der Waals surface area contributed by atoms with Crippen LogP contribution in [-0.4, -0.2) is 10.7 Å². The van der Waals surface area contributed by atoms with Gasteiger partial charge in [-0.25, -0.2) is 0 Å². The van der Waals surface area contributed by atoms with Crippen LogP contribution in [0.3, 0.4) is 0 Å². The molecule has 21 heavy (non-hydrogen) atoms. The average molecular weight is 309 g/mol. The lowest BCUT2D eigenvalue weighted by molar-refractivity contribution is -0.0538. The fourth-order valence-electron chi connectivity index (χ4n) is 4.20. The van der Waals surface area contributed by atoms with E-state index < -0.39 is 6.10 Å². The highest BCUT2D eigenvalue weighted by atomic mass is 35.5. The van der Waals surface area contributed by atoms with Crippen LogP contribution in [0.5, 0.6) is 5.75 Å². The first-order valence-electron chi connectivity index (χ1n) is 8.14. The number of hydrogen-bond donors (Lipinski definition) is 1. The maximum Gasteiger partial charge on any atom is 0.126 e. The minimum absolute atomic E-state index is 0.169. The van der Waals surface area contributed by atoms with Gasteiger partial charge in [-0.1, -0.05) is 31.9 Å². The molecular weight excluding hydrogens is 284 g/mol. The fraction of sp³-hybridized carbons (Fsp3) is 0.667. The van der Waals surface area contributed by atoms with Crippen LogP contribution in [0, 0.1) is 11.8 Å². The maximum absolute atomic E-state index is 10.5. The molecule has 3 rings (SSSR count). The van der Waals surface area contributed by atoms with Crippen LogP contribution < -0.4 is 4.74 Å². The zero-order valence-corrected chi connectivity index (χ0v) is 13.7. The average Bonchev–Trinajstić information content (AvgIpc) is 2.39. The van der Waals surface area contributed by atoms with Gasteiger partial charge in [-0.3, -0.25) is 0 Å². The second-order valence-electron chi connectivity index (χ2n) is 7.28. The fourth-order valence-corrected chi connectivity index (χ4v) is 4.38. The topological polar surface area (TPSA) is 29.5 Å². The van der Waals surface area contributed by atoms with Gasteiger partial charge in [-0.2, -0.15) is 0 Å². The summed E-state index contributed by atoms with van der Waals surface area (Å²) in [5.74, 6) is 2.27. The summed E-state index contributed by atoms with van der Waals surface area (Å²) < 4.78 is 6.38. The molecule has 116 valence electrons. The van der Waals surface area contributed by atoms with Crippen molar-refractivity contribution in [2.24, 2.45) is 11.8 Å². The van der Waals surface area contributed by atoms with Crippen molar-refractivity contribution in [2.45, 2.75) is 64.1 Å². The van der Waals surface area contributed by atoms with Crippen LogP contribution in [0.1, 0.15) is 64.0 Å². The molecule has 1 spiro atoms. The normalized spacial score (nSPS) is 32.0. The summed E-state index contributed by atoms with van der Waals surface area (Å²) in [4.78, 5) is 0. The van der Waals surface area contributed by atoms with E-state index in [4.69, 9.17) is 16.3 Å². The van der Waals surface area contributed by atoms with Crippen LogP contribution in [0.2, 0.25) is 5.02 Å². The Labute approximate surface area is 132 Å². The molecule has 1 aliphatic heterocycles. The number of ether oxygens (including phenoxy) is 1. The molecule has 1 aliphatic carbocycles. The van der Waals surface area contributed by atoms with E-state index >= 15 is 0 Å². The van der Waals surface area contributed by atoms with Crippen molar-refractivity contribution in [3.05, 3.63) is 28.8 Å². The van der Waals surface area contributed by atoms with E-state index in [9.17, 15) is 5.11 Å². The van der Waals surface area contributed by atoms with Gasteiger partial charge in [-0.15, -0.1) is 0 Å². The standard InChI is InChI=1S/C18H25ClO2/c1-12(2)8-13-4-3-7-18(10-13)11-16(20)15-9-14(19)5-6-17(15)21-18/h5-6,9,12-13,16,20H,3-4,7-8,10-11H2,1-2H3/t13?,16-,18?/m0/s1. The number of hydrogen-bond acceptors (Lipinski definition) is 2. The van der Waals surface area contributed by atoms with Crippen LogP contribution in [0.4, 0.5) is 0 Å². The monoisotopic (exact) mass is 308 g/mol. The summed E-state index contributed by atoms with van der Waals surface area (Å²) in [5.41, 5.74) is 0.678. The molecule has 1 aromatic rings. The summed E-state index contributed by atoms with van der Waals surface area (Å²) in [6.45, 7) is 4.57. The van der Waals surface area contributed by atoms with E-state index in [-0.39, 0.29) is 5.60 Å². The van der Waals surface area contributed by atoms with Crippen LogP contribution in [-0.2, 0) is 0 Å². The summed E-state index contributed by atoms with van der Waals surface area (Å²) in [7, 11) is 0. The van der Waals surface area contributed by atoms with Crippen molar-refractivity contribution in [3.63, 3.8) is 0 Å². The number of rotatable bonds is 2. The van der Waals surface area contributed by atoms with Crippen LogP contribution in [0.25, 0.3) is 0 Å². The van der Waals surface area contributed by atoms with Gasteiger partial charge in [0, 0.05) is 17.0 Å². The van der Waals surface area contributed by atoms with Crippen molar-refractivity contribution in [1.82, 2.24) is 0 Å². The van der Waals surface area contributed by atoms with Crippen molar-refractivity contribution < 1.29 is 9.84 Å². The Morgan fingerprint density at radius 1 is 1.38 bits per heavy atom. The highest BCUT2D eigenvalue weighted by Crippen LogP contribution is 2.48. The Bertz CT molecular complexity index is 514. The molecule has 3 atom stereocenters. The largest absolute Gasteiger partial charge is 0.487 e. The van der Waals surface area contributed by atoms with Gasteiger partial charge in [0.2, 0.25) is 0 Å². The lowest BCUT2D eigenvalue weighted by Gasteiger charge is -2.46. The van der Waals surface area contributed by atoms with Gasteiger partial charge in [-0.05, 0) is 55.7 Å². The smallest absolute Gasteiger partial charge is 0.126 e. The highest BCUT2D eigenvalue weighted by molar-refractivity contribution is 6.30. The van der Waals surface area contributed by atoms with Gasteiger partial charge in [0.1, 0.15) is 11.4 Å².